The monoisotopic (exact) mass is 416 g/mol. The second-order valence-electron chi connectivity index (χ2n) is 6.23. The van der Waals surface area contributed by atoms with Crippen molar-refractivity contribution in [2.75, 3.05) is 27.3 Å². The highest BCUT2D eigenvalue weighted by molar-refractivity contribution is 6.32. The van der Waals surface area contributed by atoms with Crippen LogP contribution >= 0.6 is 11.6 Å². The molecule has 1 aromatic heterocycles. The summed E-state index contributed by atoms with van der Waals surface area (Å²) in [6.07, 6.45) is 2.81. The first-order valence-electron chi connectivity index (χ1n) is 8.78. The zero-order valence-corrected chi connectivity index (χ0v) is 17.4. The van der Waals surface area contributed by atoms with Gasteiger partial charge in [-0.2, -0.15) is 5.26 Å². The van der Waals surface area contributed by atoms with E-state index in [1.54, 1.807) is 34.0 Å². The Bertz CT molecular complexity index is 985. The molecule has 0 aliphatic heterocycles. The summed E-state index contributed by atoms with van der Waals surface area (Å²) >= 11 is 6.32. The maximum atomic E-state index is 12.6. The molecule has 0 aliphatic rings. The predicted octanol–water partition coefficient (Wildman–Crippen LogP) is 3.90. The third-order valence-corrected chi connectivity index (χ3v) is 4.23. The minimum atomic E-state index is -0.454. The molecule has 0 N–H and O–H groups in total. The smallest absolute Gasteiger partial charge is 0.259 e. The average molecular weight is 417 g/mol. The molecule has 0 bridgehead atoms. The van der Waals surface area contributed by atoms with Crippen molar-refractivity contribution in [1.29, 1.82) is 5.26 Å². The largest absolute Gasteiger partial charge is 0.490 e. The number of hydrogen-bond acceptors (Lipinski definition) is 6. The SMILES string of the molecule is CCOc1cc(/C=C(\C#N)C(=O)c2ccoc2C)cc(Cl)c1OCC(=O)N(C)C. The first-order valence-corrected chi connectivity index (χ1v) is 9.16. The fourth-order valence-electron chi connectivity index (χ4n) is 2.42. The lowest BCUT2D eigenvalue weighted by Gasteiger charge is -2.16. The number of Topliss-reactive ketones (excluding diaryl/α,β-unsaturated/α-hetero) is 1. The van der Waals surface area contributed by atoms with E-state index in [2.05, 4.69) is 0 Å². The zero-order chi connectivity index (χ0) is 21.6. The number of allylic oxidation sites excluding steroid dienone is 1. The van der Waals surface area contributed by atoms with Gasteiger partial charge in [0.1, 0.15) is 17.4 Å². The Hall–Kier alpha value is -3.24. The number of hydrogen-bond donors (Lipinski definition) is 0. The third kappa shape index (κ3) is 5.39. The Morgan fingerprint density at radius 1 is 1.31 bits per heavy atom. The van der Waals surface area contributed by atoms with E-state index in [9.17, 15) is 14.9 Å². The van der Waals surface area contributed by atoms with Crippen LogP contribution in [-0.2, 0) is 4.79 Å². The van der Waals surface area contributed by atoms with Crippen molar-refractivity contribution in [3.05, 3.63) is 51.9 Å². The van der Waals surface area contributed by atoms with E-state index >= 15 is 0 Å². The van der Waals surface area contributed by atoms with Gasteiger partial charge >= 0.3 is 0 Å². The molecule has 29 heavy (non-hydrogen) atoms. The summed E-state index contributed by atoms with van der Waals surface area (Å²) in [5, 5.41) is 9.63. The molecule has 0 saturated carbocycles. The number of rotatable bonds is 8. The van der Waals surface area contributed by atoms with Gasteiger partial charge in [0.05, 0.1) is 23.5 Å². The van der Waals surface area contributed by atoms with Crippen LogP contribution in [0.5, 0.6) is 11.5 Å². The van der Waals surface area contributed by atoms with Crippen molar-refractivity contribution in [3.63, 3.8) is 0 Å². The van der Waals surface area contributed by atoms with Crippen LogP contribution in [0.25, 0.3) is 6.08 Å². The maximum absolute atomic E-state index is 12.6. The zero-order valence-electron chi connectivity index (χ0n) is 16.6. The van der Waals surface area contributed by atoms with Crippen LogP contribution in [0.3, 0.4) is 0 Å². The van der Waals surface area contributed by atoms with Crippen molar-refractivity contribution in [3.8, 4) is 17.6 Å². The number of nitrogens with zero attached hydrogens (tertiary/aromatic N) is 2. The van der Waals surface area contributed by atoms with E-state index in [1.165, 1.54) is 29.4 Å². The molecule has 152 valence electrons. The topological polar surface area (TPSA) is 92.8 Å². The normalized spacial score (nSPS) is 11.0. The molecule has 1 heterocycles. The number of likely N-dealkylation sites (N-methyl/N-ethyl adjacent to an activating group) is 1. The molecule has 7 nitrogen and oxygen atoms in total. The van der Waals surface area contributed by atoms with Gasteiger partial charge in [-0.15, -0.1) is 0 Å². The van der Waals surface area contributed by atoms with Crippen LogP contribution in [0.4, 0.5) is 0 Å². The molecule has 0 fully saturated rings. The van der Waals surface area contributed by atoms with Gasteiger partial charge < -0.3 is 18.8 Å². The summed E-state index contributed by atoms with van der Waals surface area (Å²) < 4.78 is 16.2. The minimum absolute atomic E-state index is 0.0792. The summed E-state index contributed by atoms with van der Waals surface area (Å²) in [6, 6.07) is 6.55. The molecule has 1 aromatic carbocycles. The predicted molar refractivity (Wildman–Crippen MR) is 108 cm³/mol. The molecule has 2 aromatic rings. The van der Waals surface area contributed by atoms with E-state index in [-0.39, 0.29) is 28.9 Å². The fourth-order valence-corrected chi connectivity index (χ4v) is 2.69. The van der Waals surface area contributed by atoms with Crippen molar-refractivity contribution >= 4 is 29.4 Å². The lowest BCUT2D eigenvalue weighted by molar-refractivity contribution is -0.130. The third-order valence-electron chi connectivity index (χ3n) is 3.95. The number of ether oxygens (including phenoxy) is 2. The van der Waals surface area contributed by atoms with Gasteiger partial charge in [-0.25, -0.2) is 0 Å². The standard InChI is InChI=1S/C21H21ClN2O5/c1-5-27-18-10-14(9-17(22)21(18)29-12-19(25)24(3)4)8-15(11-23)20(26)16-6-7-28-13(16)2/h6-10H,5,12H2,1-4H3/b15-8+. The molecule has 0 spiro atoms. The van der Waals surface area contributed by atoms with Gasteiger partial charge in [-0.1, -0.05) is 11.6 Å². The first-order chi connectivity index (χ1) is 13.8. The summed E-state index contributed by atoms with van der Waals surface area (Å²) in [5.74, 6) is 0.266. The molecule has 1 amide bonds. The highest BCUT2D eigenvalue weighted by Crippen LogP contribution is 2.37. The van der Waals surface area contributed by atoms with Gasteiger partial charge in [0.25, 0.3) is 5.91 Å². The van der Waals surface area contributed by atoms with E-state index in [0.29, 0.717) is 29.2 Å². The molecule has 2 rings (SSSR count). The highest BCUT2D eigenvalue weighted by Gasteiger charge is 2.18. The second kappa shape index (κ2) is 9.80. The molecule has 0 atom stereocenters. The molecular weight excluding hydrogens is 396 g/mol. The quantitative estimate of drug-likeness (QED) is 0.368. The summed E-state index contributed by atoms with van der Waals surface area (Å²) in [7, 11) is 3.24. The number of carbonyl (C=O) groups excluding carboxylic acids is 2. The Morgan fingerprint density at radius 3 is 2.59 bits per heavy atom. The molecule has 8 heteroatoms. The van der Waals surface area contributed by atoms with Gasteiger partial charge in [0.15, 0.2) is 18.1 Å². The molecular formula is C21H21ClN2O5. The number of aryl methyl sites for hydroxylation is 1. The van der Waals surface area contributed by atoms with Crippen LogP contribution in [0.1, 0.15) is 28.6 Å². The Morgan fingerprint density at radius 2 is 2.03 bits per heavy atom. The maximum Gasteiger partial charge on any atom is 0.259 e. The van der Waals surface area contributed by atoms with Crippen LogP contribution in [0.15, 0.2) is 34.5 Å². The van der Waals surface area contributed by atoms with E-state index in [1.807, 2.05) is 6.07 Å². The summed E-state index contributed by atoms with van der Waals surface area (Å²) in [5.41, 5.74) is 0.719. The molecule has 0 aliphatic carbocycles. The van der Waals surface area contributed by atoms with Crippen molar-refractivity contribution in [1.82, 2.24) is 4.90 Å². The number of benzene rings is 1. The van der Waals surface area contributed by atoms with Crippen molar-refractivity contribution < 1.29 is 23.5 Å². The van der Waals surface area contributed by atoms with E-state index in [4.69, 9.17) is 25.5 Å². The summed E-state index contributed by atoms with van der Waals surface area (Å²) in [4.78, 5) is 25.8. The Labute approximate surface area is 174 Å². The lowest BCUT2D eigenvalue weighted by atomic mass is 10.0. The van der Waals surface area contributed by atoms with Crippen LogP contribution in [0.2, 0.25) is 5.02 Å². The summed E-state index contributed by atoms with van der Waals surface area (Å²) in [6.45, 7) is 3.56. The van der Waals surface area contributed by atoms with Crippen LogP contribution < -0.4 is 9.47 Å². The number of amides is 1. The second-order valence-corrected chi connectivity index (χ2v) is 6.64. The van der Waals surface area contributed by atoms with Crippen LogP contribution in [0, 0.1) is 18.3 Å². The van der Waals surface area contributed by atoms with Crippen molar-refractivity contribution in [2.24, 2.45) is 0 Å². The molecule has 0 radical (unpaired) electrons. The van der Waals surface area contributed by atoms with Gasteiger partial charge in [-0.05, 0) is 43.7 Å². The Kier molecular flexibility index (Phi) is 7.46. The van der Waals surface area contributed by atoms with E-state index < -0.39 is 5.78 Å². The van der Waals surface area contributed by atoms with Gasteiger partial charge in [0.2, 0.25) is 5.78 Å². The fraction of sp³-hybridized carbons (Fsp3) is 0.286. The molecule has 0 saturated heterocycles. The van der Waals surface area contributed by atoms with E-state index in [0.717, 1.165) is 0 Å². The minimum Gasteiger partial charge on any atom is -0.490 e. The first kappa shape index (κ1) is 22.1. The van der Waals surface area contributed by atoms with Gasteiger partial charge in [0, 0.05) is 14.1 Å². The average Bonchev–Trinajstić information content (AvgIpc) is 3.10. The van der Waals surface area contributed by atoms with Gasteiger partial charge in [-0.3, -0.25) is 9.59 Å². The highest BCUT2D eigenvalue weighted by atomic mass is 35.5. The number of carbonyl (C=O) groups is 2. The van der Waals surface area contributed by atoms with Crippen molar-refractivity contribution in [2.45, 2.75) is 13.8 Å². The number of ketones is 1. The Balaban J connectivity index is 2.39. The number of halogens is 1. The van der Waals surface area contributed by atoms with Crippen LogP contribution in [-0.4, -0.2) is 43.9 Å². The molecule has 0 unspecified atom stereocenters. The lowest BCUT2D eigenvalue weighted by Crippen LogP contribution is -2.27. The number of nitriles is 1. The number of furan rings is 1.